The van der Waals surface area contributed by atoms with Crippen molar-refractivity contribution in [1.29, 1.82) is 0 Å². The third kappa shape index (κ3) is 3.79. The molecule has 3 aromatic rings. The Morgan fingerprint density at radius 3 is 2.07 bits per heavy atom. The highest BCUT2D eigenvalue weighted by atomic mass is 32.2. The number of ether oxygens (including phenoxy) is 2. The highest BCUT2D eigenvalue weighted by Gasteiger charge is 2.27. The van der Waals surface area contributed by atoms with Gasteiger partial charge in [-0.05, 0) is 48.6 Å². The first-order valence-corrected chi connectivity index (χ1v) is 11.0. The molecule has 8 heteroatoms. The van der Waals surface area contributed by atoms with Gasteiger partial charge in [-0.1, -0.05) is 38.1 Å². The van der Waals surface area contributed by atoms with Crippen molar-refractivity contribution in [2.24, 2.45) is 0 Å². The highest BCUT2D eigenvalue weighted by Crippen LogP contribution is 2.33. The number of benzene rings is 2. The lowest BCUT2D eigenvalue weighted by Crippen LogP contribution is -2.12. The first-order chi connectivity index (χ1) is 14.0. The van der Waals surface area contributed by atoms with E-state index in [-0.39, 0.29) is 15.3 Å². The molecule has 0 unspecified atom stereocenters. The summed E-state index contributed by atoms with van der Waals surface area (Å²) in [5.41, 5.74) is 2.85. The molecule has 0 aliphatic rings. The molecule has 0 aliphatic heterocycles. The molecule has 2 aromatic carbocycles. The van der Waals surface area contributed by atoms with Gasteiger partial charge in [0, 0.05) is 6.07 Å². The van der Waals surface area contributed by atoms with Gasteiger partial charge in [0.05, 0.1) is 24.8 Å². The molecule has 160 valence electrons. The Hall–Kier alpha value is -2.87. The van der Waals surface area contributed by atoms with E-state index < -0.39 is 9.84 Å². The molecule has 0 aliphatic carbocycles. The monoisotopic (exact) mass is 429 g/mol. The van der Waals surface area contributed by atoms with Gasteiger partial charge in [-0.2, -0.15) is 0 Å². The van der Waals surface area contributed by atoms with E-state index in [4.69, 9.17) is 9.47 Å². The van der Waals surface area contributed by atoms with Gasteiger partial charge in [-0.25, -0.2) is 13.1 Å². The summed E-state index contributed by atoms with van der Waals surface area (Å²) in [7, 11) is -0.704. The SMILES string of the molecule is COc1cc(OC)c(-n2nnc(S(=O)(=O)c3ccc(C(C)(C)C)cc3)c2C)cc1C. The van der Waals surface area contributed by atoms with Crippen LogP contribution in [0.15, 0.2) is 46.3 Å². The summed E-state index contributed by atoms with van der Waals surface area (Å²) in [4.78, 5) is 0.184. The maximum absolute atomic E-state index is 13.2. The van der Waals surface area contributed by atoms with Crippen LogP contribution in [0.5, 0.6) is 11.5 Å². The zero-order chi connectivity index (χ0) is 22.3. The average molecular weight is 430 g/mol. The number of aromatic nitrogens is 3. The lowest BCUT2D eigenvalue weighted by molar-refractivity contribution is 0.390. The summed E-state index contributed by atoms with van der Waals surface area (Å²) in [5, 5.41) is 8.02. The van der Waals surface area contributed by atoms with Crippen molar-refractivity contribution in [3.8, 4) is 17.2 Å². The number of aryl methyl sites for hydroxylation is 1. The molecule has 0 spiro atoms. The minimum absolute atomic E-state index is 0.0654. The fourth-order valence-electron chi connectivity index (χ4n) is 3.24. The molecule has 0 amide bonds. The van der Waals surface area contributed by atoms with Crippen molar-refractivity contribution in [1.82, 2.24) is 15.0 Å². The van der Waals surface area contributed by atoms with E-state index >= 15 is 0 Å². The van der Waals surface area contributed by atoms with Gasteiger partial charge in [0.2, 0.25) is 14.9 Å². The number of rotatable bonds is 5. The van der Waals surface area contributed by atoms with E-state index in [1.807, 2.05) is 25.1 Å². The summed E-state index contributed by atoms with van der Waals surface area (Å²) < 4.78 is 38.7. The van der Waals surface area contributed by atoms with Crippen molar-refractivity contribution in [2.75, 3.05) is 14.2 Å². The zero-order valence-corrected chi connectivity index (χ0v) is 19.2. The number of hydrogen-bond donors (Lipinski definition) is 0. The molecular formula is C22H27N3O4S. The van der Waals surface area contributed by atoms with Crippen molar-refractivity contribution in [2.45, 2.75) is 50.0 Å². The molecule has 30 heavy (non-hydrogen) atoms. The number of hydrogen-bond acceptors (Lipinski definition) is 6. The maximum Gasteiger partial charge on any atom is 0.227 e. The van der Waals surface area contributed by atoms with Crippen LogP contribution < -0.4 is 9.47 Å². The molecule has 0 saturated carbocycles. The van der Waals surface area contributed by atoms with Gasteiger partial charge in [0.15, 0.2) is 0 Å². The van der Waals surface area contributed by atoms with E-state index in [9.17, 15) is 8.42 Å². The van der Waals surface area contributed by atoms with Crippen LogP contribution in [0.4, 0.5) is 0 Å². The van der Waals surface area contributed by atoms with Crippen LogP contribution in [0, 0.1) is 13.8 Å². The highest BCUT2D eigenvalue weighted by molar-refractivity contribution is 7.91. The quantitative estimate of drug-likeness (QED) is 0.609. The van der Waals surface area contributed by atoms with Gasteiger partial charge in [0.1, 0.15) is 17.2 Å². The molecule has 0 radical (unpaired) electrons. The molecule has 1 heterocycles. The van der Waals surface area contributed by atoms with Crippen LogP contribution in [0.1, 0.15) is 37.6 Å². The van der Waals surface area contributed by atoms with Crippen molar-refractivity contribution >= 4 is 9.84 Å². The molecule has 7 nitrogen and oxygen atoms in total. The van der Waals surface area contributed by atoms with Crippen LogP contribution in [-0.4, -0.2) is 37.6 Å². The molecule has 0 saturated heterocycles. The largest absolute Gasteiger partial charge is 0.496 e. The Morgan fingerprint density at radius 1 is 0.933 bits per heavy atom. The third-order valence-electron chi connectivity index (χ3n) is 5.06. The van der Waals surface area contributed by atoms with E-state index in [0.29, 0.717) is 22.9 Å². The number of methoxy groups -OCH3 is 2. The van der Waals surface area contributed by atoms with Crippen LogP contribution in [0.25, 0.3) is 5.69 Å². The predicted molar refractivity (Wildman–Crippen MR) is 115 cm³/mol. The first-order valence-electron chi connectivity index (χ1n) is 9.51. The molecule has 0 fully saturated rings. The van der Waals surface area contributed by atoms with Crippen LogP contribution in [0.3, 0.4) is 0 Å². The molecule has 0 N–H and O–H groups in total. The van der Waals surface area contributed by atoms with Crippen molar-refractivity contribution < 1.29 is 17.9 Å². The predicted octanol–water partition coefficient (Wildman–Crippen LogP) is 4.03. The summed E-state index contributed by atoms with van der Waals surface area (Å²) in [6.45, 7) is 9.81. The van der Waals surface area contributed by atoms with Crippen LogP contribution >= 0.6 is 0 Å². The maximum atomic E-state index is 13.2. The van der Waals surface area contributed by atoms with Crippen molar-refractivity contribution in [3.05, 3.63) is 53.2 Å². The molecule has 1 aromatic heterocycles. The van der Waals surface area contributed by atoms with Gasteiger partial charge in [0.25, 0.3) is 0 Å². The van der Waals surface area contributed by atoms with E-state index in [0.717, 1.165) is 11.1 Å². The minimum Gasteiger partial charge on any atom is -0.496 e. The van der Waals surface area contributed by atoms with E-state index in [1.54, 1.807) is 32.2 Å². The molecular weight excluding hydrogens is 402 g/mol. The molecule has 3 rings (SSSR count). The molecule has 0 bridgehead atoms. The Labute approximate surface area is 177 Å². The Balaban J connectivity index is 2.08. The van der Waals surface area contributed by atoms with E-state index in [2.05, 4.69) is 31.1 Å². The van der Waals surface area contributed by atoms with Gasteiger partial charge in [-0.15, -0.1) is 5.10 Å². The lowest BCUT2D eigenvalue weighted by Gasteiger charge is -2.19. The Bertz CT molecular complexity index is 1170. The smallest absolute Gasteiger partial charge is 0.227 e. The first kappa shape index (κ1) is 21.8. The second-order valence-electron chi connectivity index (χ2n) is 8.16. The second-order valence-corrected chi connectivity index (χ2v) is 10.0. The minimum atomic E-state index is -3.82. The Kier molecular flexibility index (Phi) is 5.64. The Morgan fingerprint density at radius 2 is 1.53 bits per heavy atom. The lowest BCUT2D eigenvalue weighted by atomic mass is 9.87. The van der Waals surface area contributed by atoms with Crippen LogP contribution in [0.2, 0.25) is 0 Å². The number of sulfone groups is 1. The van der Waals surface area contributed by atoms with Gasteiger partial charge >= 0.3 is 0 Å². The summed E-state index contributed by atoms with van der Waals surface area (Å²) in [5.74, 6) is 1.17. The average Bonchev–Trinajstić information content (AvgIpc) is 3.09. The zero-order valence-electron chi connectivity index (χ0n) is 18.3. The second kappa shape index (κ2) is 7.75. The fourth-order valence-corrected chi connectivity index (χ4v) is 4.58. The van der Waals surface area contributed by atoms with Gasteiger partial charge < -0.3 is 9.47 Å². The summed E-state index contributed by atoms with van der Waals surface area (Å²) >= 11 is 0. The third-order valence-corrected chi connectivity index (χ3v) is 6.84. The van der Waals surface area contributed by atoms with E-state index in [1.165, 1.54) is 11.8 Å². The topological polar surface area (TPSA) is 83.3 Å². The number of nitrogens with zero attached hydrogens (tertiary/aromatic N) is 3. The summed E-state index contributed by atoms with van der Waals surface area (Å²) in [6, 6.07) is 10.5. The normalized spacial score (nSPS) is 12.1. The fraction of sp³-hybridized carbons (Fsp3) is 0.364. The standard InChI is InChI=1S/C22H27N3O4S/c1-14-12-18(20(29-7)13-19(14)28-6)25-15(2)21(23-24-25)30(26,27)17-10-8-16(9-11-17)22(3,4)5/h8-13H,1-7H3. The van der Waals surface area contributed by atoms with Gasteiger partial charge in [-0.3, -0.25) is 0 Å². The van der Waals surface area contributed by atoms with Crippen molar-refractivity contribution in [3.63, 3.8) is 0 Å². The molecule has 0 atom stereocenters. The summed E-state index contributed by atoms with van der Waals surface area (Å²) in [6.07, 6.45) is 0. The van der Waals surface area contributed by atoms with Crippen LogP contribution in [-0.2, 0) is 15.3 Å².